The van der Waals surface area contributed by atoms with E-state index in [0.29, 0.717) is 24.7 Å². The van der Waals surface area contributed by atoms with Gasteiger partial charge in [0.25, 0.3) is 5.91 Å². The number of carbonyl (C=O) groups is 1. The van der Waals surface area contributed by atoms with Gasteiger partial charge in [0.2, 0.25) is 0 Å². The highest BCUT2D eigenvalue weighted by Crippen LogP contribution is 2.22. The summed E-state index contributed by atoms with van der Waals surface area (Å²) in [5.41, 5.74) is 13.0. The molecule has 0 saturated carbocycles. The first kappa shape index (κ1) is 18.8. The normalized spacial score (nSPS) is 18.9. The fourth-order valence-corrected chi connectivity index (χ4v) is 3.05. The van der Waals surface area contributed by atoms with E-state index in [9.17, 15) is 4.79 Å². The average Bonchev–Trinajstić information content (AvgIpc) is 3.25. The lowest BCUT2D eigenvalue weighted by Crippen LogP contribution is -2.47. The molecule has 1 fully saturated rings. The summed E-state index contributed by atoms with van der Waals surface area (Å²) >= 11 is 0. The number of hydrogen-bond donors (Lipinski definition) is 4. The second kappa shape index (κ2) is 8.20. The van der Waals surface area contributed by atoms with Crippen molar-refractivity contribution >= 4 is 23.2 Å². The van der Waals surface area contributed by atoms with Gasteiger partial charge < -0.3 is 26.8 Å². The van der Waals surface area contributed by atoms with Crippen molar-refractivity contribution < 1.29 is 9.53 Å². The molecule has 2 atom stereocenters. The van der Waals surface area contributed by atoms with Crippen molar-refractivity contribution in [2.75, 3.05) is 23.8 Å². The minimum absolute atomic E-state index is 0.000421. The van der Waals surface area contributed by atoms with Crippen molar-refractivity contribution in [1.82, 2.24) is 25.0 Å². The van der Waals surface area contributed by atoms with E-state index in [4.69, 9.17) is 16.2 Å². The van der Waals surface area contributed by atoms with Crippen molar-refractivity contribution in [2.24, 2.45) is 11.5 Å². The Morgan fingerprint density at radius 1 is 1.28 bits per heavy atom. The number of benzene rings is 1. The molecule has 0 spiro atoms. The van der Waals surface area contributed by atoms with Gasteiger partial charge in [0.05, 0.1) is 30.9 Å². The van der Waals surface area contributed by atoms with Crippen molar-refractivity contribution in [2.45, 2.75) is 18.5 Å². The van der Waals surface area contributed by atoms with Crippen LogP contribution in [0.4, 0.5) is 17.3 Å². The van der Waals surface area contributed by atoms with E-state index < -0.39 is 5.91 Å². The molecule has 3 aromatic rings. The third-order valence-corrected chi connectivity index (χ3v) is 4.50. The van der Waals surface area contributed by atoms with Crippen LogP contribution < -0.4 is 22.1 Å². The summed E-state index contributed by atoms with van der Waals surface area (Å²) in [6.07, 6.45) is 5.40. The van der Waals surface area contributed by atoms with Crippen LogP contribution in [-0.2, 0) is 4.74 Å². The molecule has 0 unspecified atom stereocenters. The number of nitrogens with one attached hydrogen (secondary N) is 2. The molecule has 0 radical (unpaired) electrons. The van der Waals surface area contributed by atoms with Crippen molar-refractivity contribution in [3.05, 3.63) is 48.5 Å². The van der Waals surface area contributed by atoms with E-state index >= 15 is 0 Å². The molecule has 1 aromatic carbocycles. The molecule has 3 heterocycles. The Morgan fingerprint density at radius 3 is 2.86 bits per heavy atom. The maximum absolute atomic E-state index is 11.8. The highest BCUT2D eigenvalue weighted by Gasteiger charge is 2.23. The number of nitrogens with zero attached hydrogens (tertiary/aromatic N) is 5. The summed E-state index contributed by atoms with van der Waals surface area (Å²) in [6, 6.07) is 7.18. The number of rotatable bonds is 6. The van der Waals surface area contributed by atoms with Gasteiger partial charge in [0.1, 0.15) is 5.82 Å². The summed E-state index contributed by atoms with van der Waals surface area (Å²) in [5, 5.41) is 14.6. The third-order valence-electron chi connectivity index (χ3n) is 4.50. The highest BCUT2D eigenvalue weighted by atomic mass is 16.5. The number of amides is 1. The van der Waals surface area contributed by atoms with Crippen LogP contribution in [0, 0.1) is 0 Å². The molecular weight excluding hydrogens is 374 g/mol. The van der Waals surface area contributed by atoms with Gasteiger partial charge >= 0.3 is 0 Å². The molecule has 0 aliphatic carbocycles. The first-order valence-corrected chi connectivity index (χ1v) is 9.10. The van der Waals surface area contributed by atoms with Gasteiger partial charge in [-0.2, -0.15) is 15.0 Å². The Morgan fingerprint density at radius 2 is 2.10 bits per heavy atom. The van der Waals surface area contributed by atoms with Crippen LogP contribution in [0.15, 0.2) is 42.9 Å². The zero-order valence-electron chi connectivity index (χ0n) is 15.5. The van der Waals surface area contributed by atoms with Crippen LogP contribution in [0.25, 0.3) is 5.69 Å². The monoisotopic (exact) mass is 395 g/mol. The van der Waals surface area contributed by atoms with Crippen LogP contribution in [0.1, 0.15) is 16.9 Å². The number of hydrogen-bond acceptors (Lipinski definition) is 9. The first-order chi connectivity index (χ1) is 14.1. The van der Waals surface area contributed by atoms with Crippen molar-refractivity contribution in [1.29, 1.82) is 0 Å². The van der Waals surface area contributed by atoms with E-state index in [-0.39, 0.29) is 23.6 Å². The van der Waals surface area contributed by atoms with Gasteiger partial charge in [0, 0.05) is 24.4 Å². The number of primary amides is 1. The summed E-state index contributed by atoms with van der Waals surface area (Å²) < 4.78 is 5.36. The molecule has 6 N–H and O–H groups in total. The van der Waals surface area contributed by atoms with Crippen LogP contribution in [0.2, 0.25) is 0 Å². The maximum atomic E-state index is 11.8. The molecule has 150 valence electrons. The van der Waals surface area contributed by atoms with Crippen molar-refractivity contribution in [3.8, 4) is 5.69 Å². The minimum Gasteiger partial charge on any atom is -0.380 e. The molecule has 0 bridgehead atoms. The SMILES string of the molecule is NC(=O)c1ncc(N[C@@H]2CCOC[C@@H]2N)nc1Nc1cccc(-n2nccn2)c1. The molecule has 1 aliphatic heterocycles. The molecule has 29 heavy (non-hydrogen) atoms. The van der Waals surface area contributed by atoms with E-state index in [1.807, 2.05) is 24.3 Å². The summed E-state index contributed by atoms with van der Waals surface area (Å²) in [7, 11) is 0. The second-order valence-electron chi connectivity index (χ2n) is 6.59. The highest BCUT2D eigenvalue weighted by molar-refractivity contribution is 5.96. The average molecular weight is 395 g/mol. The smallest absolute Gasteiger partial charge is 0.271 e. The lowest BCUT2D eigenvalue weighted by molar-refractivity contribution is 0.0752. The van der Waals surface area contributed by atoms with Gasteiger partial charge in [-0.25, -0.2) is 9.97 Å². The molecule has 11 heteroatoms. The Kier molecular flexibility index (Phi) is 5.31. The van der Waals surface area contributed by atoms with E-state index in [2.05, 4.69) is 30.8 Å². The van der Waals surface area contributed by atoms with Gasteiger partial charge in [-0.1, -0.05) is 6.07 Å². The Hall–Kier alpha value is -3.57. The molecule has 1 amide bonds. The molecule has 1 saturated heterocycles. The first-order valence-electron chi connectivity index (χ1n) is 9.10. The Balaban J connectivity index is 1.60. The van der Waals surface area contributed by atoms with Gasteiger partial charge in [-0.3, -0.25) is 4.79 Å². The van der Waals surface area contributed by atoms with Gasteiger partial charge in [-0.05, 0) is 24.6 Å². The fourth-order valence-electron chi connectivity index (χ4n) is 3.05. The summed E-state index contributed by atoms with van der Waals surface area (Å²) in [6.45, 7) is 1.10. The van der Waals surface area contributed by atoms with Crippen LogP contribution in [-0.4, -0.2) is 56.2 Å². The van der Waals surface area contributed by atoms with Crippen LogP contribution >= 0.6 is 0 Å². The number of ether oxygens (including phenoxy) is 1. The Bertz CT molecular complexity index is 993. The molecule has 2 aromatic heterocycles. The molecule has 4 rings (SSSR count). The Labute approximate surface area is 166 Å². The third kappa shape index (κ3) is 4.31. The maximum Gasteiger partial charge on any atom is 0.271 e. The number of carbonyl (C=O) groups excluding carboxylic acids is 1. The quantitative estimate of drug-likeness (QED) is 0.464. The second-order valence-corrected chi connectivity index (χ2v) is 6.59. The van der Waals surface area contributed by atoms with Crippen LogP contribution in [0.5, 0.6) is 0 Å². The minimum atomic E-state index is -0.681. The van der Waals surface area contributed by atoms with E-state index in [1.165, 1.54) is 11.0 Å². The van der Waals surface area contributed by atoms with Gasteiger partial charge in [-0.15, -0.1) is 0 Å². The molecule has 1 aliphatic rings. The number of aromatic nitrogens is 5. The summed E-state index contributed by atoms with van der Waals surface area (Å²) in [4.78, 5) is 22.0. The largest absolute Gasteiger partial charge is 0.380 e. The number of anilines is 3. The zero-order chi connectivity index (χ0) is 20.2. The fraction of sp³-hybridized carbons (Fsp3) is 0.278. The summed E-state index contributed by atoms with van der Waals surface area (Å²) in [5.74, 6) is 0.0534. The zero-order valence-corrected chi connectivity index (χ0v) is 15.5. The number of nitrogens with two attached hydrogens (primary N) is 2. The van der Waals surface area contributed by atoms with E-state index in [1.54, 1.807) is 12.4 Å². The molecular formula is C18H21N9O2. The predicted molar refractivity (Wildman–Crippen MR) is 106 cm³/mol. The van der Waals surface area contributed by atoms with Crippen molar-refractivity contribution in [3.63, 3.8) is 0 Å². The van der Waals surface area contributed by atoms with Crippen LogP contribution in [0.3, 0.4) is 0 Å². The standard InChI is InChI=1S/C18H21N9O2/c19-13-10-29-7-4-14(13)25-15-9-21-16(17(20)28)18(26-15)24-11-2-1-3-12(8-11)27-22-5-6-23-27/h1-3,5-6,8-9,13-14H,4,7,10,19H2,(H2,20,28)(H2,24,25,26)/t13-,14+/m0/s1. The molecule has 11 nitrogen and oxygen atoms in total. The van der Waals surface area contributed by atoms with Gasteiger partial charge in [0.15, 0.2) is 11.5 Å². The topological polar surface area (TPSA) is 159 Å². The predicted octanol–water partition coefficient (Wildman–Crippen LogP) is 0.428. The lowest BCUT2D eigenvalue weighted by atomic mass is 10.0. The van der Waals surface area contributed by atoms with E-state index in [0.717, 1.165) is 12.1 Å². The lowest BCUT2D eigenvalue weighted by Gasteiger charge is -2.29.